The van der Waals surface area contributed by atoms with Crippen LogP contribution in [0.5, 0.6) is 5.75 Å². The molecule has 1 unspecified atom stereocenters. The van der Waals surface area contributed by atoms with Gasteiger partial charge in [-0.3, -0.25) is 14.5 Å². The summed E-state index contributed by atoms with van der Waals surface area (Å²) >= 11 is 7.67. The number of Topliss-reactive ketones (excluding diaryl/α,β-unsaturated/α-hetero) is 1. The van der Waals surface area contributed by atoms with Crippen molar-refractivity contribution in [3.8, 4) is 5.75 Å². The molecule has 3 aromatic rings. The highest BCUT2D eigenvalue weighted by atomic mass is 35.5. The van der Waals surface area contributed by atoms with Crippen LogP contribution >= 0.6 is 22.9 Å². The second-order valence-corrected chi connectivity index (χ2v) is 8.68. The number of aliphatic hydroxyl groups is 1. The Kier molecular flexibility index (Phi) is 5.60. The lowest BCUT2D eigenvalue weighted by molar-refractivity contribution is -0.132. The first-order chi connectivity index (χ1) is 14.8. The van der Waals surface area contributed by atoms with Gasteiger partial charge in [0.1, 0.15) is 17.6 Å². The van der Waals surface area contributed by atoms with E-state index in [2.05, 4.69) is 0 Å². The molecule has 31 heavy (non-hydrogen) atoms. The van der Waals surface area contributed by atoms with Crippen LogP contribution in [0, 0.1) is 13.8 Å². The van der Waals surface area contributed by atoms with Crippen molar-refractivity contribution in [1.29, 1.82) is 0 Å². The van der Waals surface area contributed by atoms with Gasteiger partial charge in [-0.2, -0.15) is 0 Å². The maximum atomic E-state index is 13.2. The van der Waals surface area contributed by atoms with Gasteiger partial charge in [-0.25, -0.2) is 0 Å². The van der Waals surface area contributed by atoms with Gasteiger partial charge in [0.15, 0.2) is 0 Å². The lowest BCUT2D eigenvalue weighted by atomic mass is 9.98. The molecule has 5 nitrogen and oxygen atoms in total. The summed E-state index contributed by atoms with van der Waals surface area (Å²) < 4.78 is 5.17. The predicted molar refractivity (Wildman–Crippen MR) is 123 cm³/mol. The van der Waals surface area contributed by atoms with Gasteiger partial charge in [-0.15, -0.1) is 11.3 Å². The third kappa shape index (κ3) is 3.62. The number of carbonyl (C=O) groups is 2. The van der Waals surface area contributed by atoms with E-state index in [9.17, 15) is 14.7 Å². The van der Waals surface area contributed by atoms with Gasteiger partial charge in [0.05, 0.1) is 17.7 Å². The number of halogens is 1. The van der Waals surface area contributed by atoms with E-state index in [1.807, 2.05) is 43.5 Å². The van der Waals surface area contributed by atoms with Crippen molar-refractivity contribution in [2.75, 3.05) is 12.0 Å². The first-order valence-electron chi connectivity index (χ1n) is 9.59. The van der Waals surface area contributed by atoms with Crippen LogP contribution in [0.25, 0.3) is 5.76 Å². The molecule has 1 fully saturated rings. The van der Waals surface area contributed by atoms with Crippen LogP contribution in [0.4, 0.5) is 5.69 Å². The molecule has 158 valence electrons. The fourth-order valence-electron chi connectivity index (χ4n) is 3.76. The second kappa shape index (κ2) is 8.21. The summed E-state index contributed by atoms with van der Waals surface area (Å²) in [6, 6.07) is 13.3. The molecule has 4 rings (SSSR count). The largest absolute Gasteiger partial charge is 0.507 e. The van der Waals surface area contributed by atoms with Crippen LogP contribution in [0.3, 0.4) is 0 Å². The van der Waals surface area contributed by atoms with E-state index < -0.39 is 17.7 Å². The zero-order valence-electron chi connectivity index (χ0n) is 17.2. The fraction of sp³-hybridized carbons (Fsp3) is 0.167. The first-order valence-corrected chi connectivity index (χ1v) is 10.8. The lowest BCUT2D eigenvalue weighted by Gasteiger charge is -2.25. The zero-order chi connectivity index (χ0) is 22.3. The van der Waals surface area contributed by atoms with Crippen LogP contribution in [0.15, 0.2) is 59.5 Å². The maximum Gasteiger partial charge on any atom is 0.300 e. The first kappa shape index (κ1) is 21.2. The Morgan fingerprint density at radius 2 is 1.90 bits per heavy atom. The topological polar surface area (TPSA) is 66.8 Å². The van der Waals surface area contributed by atoms with E-state index in [0.717, 1.165) is 16.0 Å². The summed E-state index contributed by atoms with van der Waals surface area (Å²) in [6.45, 7) is 3.84. The molecule has 0 aliphatic carbocycles. The number of benzene rings is 2. The Balaban J connectivity index is 1.95. The van der Waals surface area contributed by atoms with Crippen LogP contribution in [0.1, 0.15) is 27.6 Å². The Morgan fingerprint density at radius 1 is 1.13 bits per heavy atom. The van der Waals surface area contributed by atoms with Crippen LogP contribution < -0.4 is 9.64 Å². The number of rotatable bonds is 4. The van der Waals surface area contributed by atoms with Crippen LogP contribution in [-0.4, -0.2) is 23.9 Å². The predicted octanol–water partition coefficient (Wildman–Crippen LogP) is 5.65. The van der Waals surface area contributed by atoms with Crippen LogP contribution in [0.2, 0.25) is 5.02 Å². The number of aliphatic hydroxyl groups excluding tert-OH is 1. The molecule has 0 radical (unpaired) electrons. The number of nitrogens with zero attached hydrogens (tertiary/aromatic N) is 1. The highest BCUT2D eigenvalue weighted by molar-refractivity contribution is 7.10. The minimum Gasteiger partial charge on any atom is -0.507 e. The molecular formula is C24H20ClNO4S. The minimum absolute atomic E-state index is 0.0401. The minimum atomic E-state index is -0.734. The molecule has 0 bridgehead atoms. The third-order valence-corrected chi connectivity index (χ3v) is 6.67. The normalized spacial score (nSPS) is 17.9. The Hall–Kier alpha value is -3.09. The van der Waals surface area contributed by atoms with Crippen molar-refractivity contribution >= 4 is 46.1 Å². The van der Waals surface area contributed by atoms with Gasteiger partial charge in [-0.05, 0) is 66.8 Å². The number of hydrogen-bond acceptors (Lipinski definition) is 5. The average Bonchev–Trinajstić information content (AvgIpc) is 3.28. The number of carbonyl (C=O) groups excluding carboxylic acids is 2. The molecule has 1 N–H and O–H groups in total. The summed E-state index contributed by atoms with van der Waals surface area (Å²) in [5, 5.41) is 13.4. The van der Waals surface area contributed by atoms with Crippen molar-refractivity contribution in [2.24, 2.45) is 0 Å². The molecule has 2 aromatic carbocycles. The van der Waals surface area contributed by atoms with Crippen LogP contribution in [-0.2, 0) is 9.59 Å². The summed E-state index contributed by atoms with van der Waals surface area (Å²) in [4.78, 5) is 28.6. The van der Waals surface area contributed by atoms with Gasteiger partial charge < -0.3 is 9.84 Å². The van der Waals surface area contributed by atoms with Gasteiger partial charge in [-0.1, -0.05) is 23.7 Å². The van der Waals surface area contributed by atoms with Crippen molar-refractivity contribution < 1.29 is 19.4 Å². The molecule has 1 aliphatic heterocycles. The molecular weight excluding hydrogens is 434 g/mol. The number of ketones is 1. The van der Waals surface area contributed by atoms with E-state index in [4.69, 9.17) is 16.3 Å². The third-order valence-electron chi connectivity index (χ3n) is 5.30. The fourth-order valence-corrected chi connectivity index (χ4v) is 5.04. The van der Waals surface area contributed by atoms with Crippen molar-refractivity contribution in [3.05, 3.63) is 86.1 Å². The van der Waals surface area contributed by atoms with Crippen molar-refractivity contribution in [2.45, 2.75) is 19.9 Å². The monoisotopic (exact) mass is 453 g/mol. The molecule has 1 aromatic heterocycles. The van der Waals surface area contributed by atoms with E-state index in [1.165, 1.54) is 29.4 Å². The smallest absolute Gasteiger partial charge is 0.300 e. The number of thiophene rings is 1. The number of hydrogen-bond donors (Lipinski definition) is 1. The highest BCUT2D eigenvalue weighted by Gasteiger charge is 2.48. The van der Waals surface area contributed by atoms with Crippen molar-refractivity contribution in [1.82, 2.24) is 0 Å². The van der Waals surface area contributed by atoms with E-state index in [1.54, 1.807) is 18.2 Å². The average molecular weight is 454 g/mol. The van der Waals surface area contributed by atoms with Gasteiger partial charge in [0, 0.05) is 16.1 Å². The summed E-state index contributed by atoms with van der Waals surface area (Å²) in [5.74, 6) is -1.23. The summed E-state index contributed by atoms with van der Waals surface area (Å²) in [6.07, 6.45) is 0. The number of aryl methyl sites for hydroxylation is 2. The summed E-state index contributed by atoms with van der Waals surface area (Å²) in [7, 11) is 1.49. The van der Waals surface area contributed by atoms with Gasteiger partial charge in [0.25, 0.3) is 11.7 Å². The molecule has 1 aliphatic rings. The van der Waals surface area contributed by atoms with E-state index in [0.29, 0.717) is 22.0 Å². The van der Waals surface area contributed by atoms with Crippen molar-refractivity contribution in [3.63, 3.8) is 0 Å². The lowest BCUT2D eigenvalue weighted by Crippen LogP contribution is -2.29. The second-order valence-electron chi connectivity index (χ2n) is 7.33. The van der Waals surface area contributed by atoms with Gasteiger partial charge >= 0.3 is 0 Å². The zero-order valence-corrected chi connectivity index (χ0v) is 18.8. The Labute approximate surface area is 189 Å². The molecule has 2 heterocycles. The Bertz CT molecular complexity index is 1230. The van der Waals surface area contributed by atoms with E-state index in [-0.39, 0.29) is 11.3 Å². The SMILES string of the molecule is COc1ccc(/C(O)=C2/C(=O)C(=O)N(c3cccc(C)c3)C2c2sccc2C)cc1Cl. The molecule has 7 heteroatoms. The Morgan fingerprint density at radius 3 is 2.52 bits per heavy atom. The quantitative estimate of drug-likeness (QED) is 0.315. The van der Waals surface area contributed by atoms with Gasteiger partial charge in [0.2, 0.25) is 0 Å². The number of ether oxygens (including phenoxy) is 1. The number of anilines is 1. The summed E-state index contributed by atoms with van der Waals surface area (Å²) in [5.41, 5.74) is 2.88. The molecule has 1 amide bonds. The number of methoxy groups -OCH3 is 1. The molecule has 0 spiro atoms. The number of amides is 1. The van der Waals surface area contributed by atoms with E-state index >= 15 is 0 Å². The highest BCUT2D eigenvalue weighted by Crippen LogP contribution is 2.45. The molecule has 1 atom stereocenters. The molecule has 0 saturated carbocycles. The standard InChI is InChI=1S/C24H20ClNO4S/c1-13-5-4-6-16(11-13)26-20(23-14(2)9-10-31-23)19(22(28)24(26)29)21(27)15-7-8-18(30-3)17(25)12-15/h4-12,20,27H,1-3H3/b21-19-. The molecule has 1 saturated heterocycles. The maximum absolute atomic E-state index is 13.2.